The van der Waals surface area contributed by atoms with Gasteiger partial charge in [0.1, 0.15) is 11.7 Å². The van der Waals surface area contributed by atoms with Gasteiger partial charge in [-0.15, -0.1) is 0 Å². The number of aliphatic hydroxyl groups is 1. The summed E-state index contributed by atoms with van der Waals surface area (Å²) in [4.78, 5) is 24.9. The molecule has 3 rings (SSSR count). The first-order chi connectivity index (χ1) is 13.4. The van der Waals surface area contributed by atoms with Gasteiger partial charge in [0.2, 0.25) is 5.72 Å². The molecule has 1 saturated heterocycles. The van der Waals surface area contributed by atoms with Crippen molar-refractivity contribution in [2.24, 2.45) is 5.92 Å². The predicted molar refractivity (Wildman–Crippen MR) is 96.1 cm³/mol. The summed E-state index contributed by atoms with van der Waals surface area (Å²) in [5.41, 5.74) is -4.27. The van der Waals surface area contributed by atoms with E-state index >= 15 is 0 Å². The zero-order valence-electron chi connectivity index (χ0n) is 14.2. The summed E-state index contributed by atoms with van der Waals surface area (Å²) in [5, 5.41) is 14.1. The van der Waals surface area contributed by atoms with Crippen molar-refractivity contribution >= 4 is 35.0 Å². The molecule has 0 spiro atoms. The number of nitrogens with one attached hydrogen (secondary N) is 2. The van der Waals surface area contributed by atoms with E-state index in [4.69, 9.17) is 23.2 Å². The first kappa shape index (κ1) is 21.4. The van der Waals surface area contributed by atoms with Gasteiger partial charge < -0.3 is 15.7 Å². The van der Waals surface area contributed by atoms with Gasteiger partial charge in [0, 0.05) is 15.6 Å². The third kappa shape index (κ3) is 3.90. The van der Waals surface area contributed by atoms with Crippen LogP contribution in [0.5, 0.6) is 0 Å². The largest absolute Gasteiger partial charge is 0.437 e. The maximum Gasteiger partial charge on any atom is 0.437 e. The summed E-state index contributed by atoms with van der Waals surface area (Å²) in [6.45, 7) is 0. The van der Waals surface area contributed by atoms with Gasteiger partial charge in [-0.1, -0.05) is 29.3 Å². The SMILES string of the molecule is O=C1N[C@H](c2ccc(Cl)cc2Cl)[C@@H](C(=O)c2ccc(F)cc2)[C@@](O)(C(F)(F)F)N1. The number of carbonyl (C=O) groups is 2. The van der Waals surface area contributed by atoms with Crippen LogP contribution < -0.4 is 10.6 Å². The Morgan fingerprint density at radius 3 is 2.28 bits per heavy atom. The van der Waals surface area contributed by atoms with Crippen LogP contribution in [-0.4, -0.2) is 28.8 Å². The van der Waals surface area contributed by atoms with Gasteiger partial charge in [-0.2, -0.15) is 13.2 Å². The van der Waals surface area contributed by atoms with Crippen molar-refractivity contribution in [2.45, 2.75) is 17.9 Å². The maximum atomic E-state index is 13.8. The maximum absolute atomic E-state index is 13.8. The minimum Gasteiger partial charge on any atom is -0.363 e. The minimum absolute atomic E-state index is 0.0611. The number of hydrogen-bond acceptors (Lipinski definition) is 3. The monoisotopic (exact) mass is 450 g/mol. The van der Waals surface area contributed by atoms with E-state index in [1.807, 2.05) is 0 Å². The Balaban J connectivity index is 2.19. The lowest BCUT2D eigenvalue weighted by Crippen LogP contribution is -2.72. The lowest BCUT2D eigenvalue weighted by Gasteiger charge is -2.45. The highest BCUT2D eigenvalue weighted by Crippen LogP contribution is 2.45. The van der Waals surface area contributed by atoms with E-state index in [0.717, 1.165) is 24.3 Å². The number of urea groups is 1. The molecule has 3 N–H and O–H groups in total. The number of carbonyl (C=O) groups excluding carboxylic acids is 2. The van der Waals surface area contributed by atoms with Crippen LogP contribution in [0.2, 0.25) is 10.0 Å². The number of halogens is 6. The Morgan fingerprint density at radius 1 is 1.10 bits per heavy atom. The van der Waals surface area contributed by atoms with Gasteiger partial charge in [-0.25, -0.2) is 9.18 Å². The lowest BCUT2D eigenvalue weighted by atomic mass is 9.77. The van der Waals surface area contributed by atoms with E-state index in [1.54, 1.807) is 0 Å². The Kier molecular flexibility index (Phi) is 5.50. The summed E-state index contributed by atoms with van der Waals surface area (Å²) in [6, 6.07) is 4.49. The number of ketones is 1. The first-order valence-electron chi connectivity index (χ1n) is 8.06. The molecule has 2 aromatic rings. The van der Waals surface area contributed by atoms with Gasteiger partial charge in [0.05, 0.1) is 6.04 Å². The molecule has 29 heavy (non-hydrogen) atoms. The zero-order valence-corrected chi connectivity index (χ0v) is 15.7. The Bertz CT molecular complexity index is 969. The van der Waals surface area contributed by atoms with Gasteiger partial charge in [0.25, 0.3) is 0 Å². The molecule has 2 amide bonds. The van der Waals surface area contributed by atoms with Crippen molar-refractivity contribution in [3.63, 3.8) is 0 Å². The normalized spacial score (nSPS) is 24.6. The van der Waals surface area contributed by atoms with Crippen LogP contribution in [0.4, 0.5) is 22.4 Å². The standard InChI is InChI=1S/C18H12Cl2F4N2O3/c19-9-3-6-11(12(20)7-9)14-13(15(27)8-1-4-10(21)5-2-8)17(29,18(22,23)24)26-16(28)25-14/h1-7,13-14,29H,(H2,25,26,28)/t13-,14+,17+/m0/s1. The minimum atomic E-state index is -5.41. The Labute approximate surface area is 171 Å². The highest BCUT2D eigenvalue weighted by molar-refractivity contribution is 6.35. The van der Waals surface area contributed by atoms with Crippen molar-refractivity contribution in [1.82, 2.24) is 10.6 Å². The molecule has 0 radical (unpaired) electrons. The summed E-state index contributed by atoms with van der Waals surface area (Å²) >= 11 is 11.9. The fraction of sp³-hybridized carbons (Fsp3) is 0.222. The van der Waals surface area contributed by atoms with E-state index < -0.39 is 41.5 Å². The molecule has 0 bridgehead atoms. The fourth-order valence-corrected chi connectivity index (χ4v) is 3.67. The molecule has 1 aliphatic rings. The molecule has 3 atom stereocenters. The van der Waals surface area contributed by atoms with Crippen LogP contribution in [0.15, 0.2) is 42.5 Å². The summed E-state index contributed by atoms with van der Waals surface area (Å²) < 4.78 is 54.5. The van der Waals surface area contributed by atoms with E-state index in [0.29, 0.717) is 0 Å². The van der Waals surface area contributed by atoms with Crippen LogP contribution in [-0.2, 0) is 0 Å². The number of hydrogen-bond donors (Lipinski definition) is 3. The fourth-order valence-electron chi connectivity index (χ4n) is 3.15. The van der Waals surface area contributed by atoms with Crippen molar-refractivity contribution in [1.29, 1.82) is 0 Å². The molecule has 0 unspecified atom stereocenters. The van der Waals surface area contributed by atoms with Gasteiger partial charge in [0.15, 0.2) is 5.78 Å². The Morgan fingerprint density at radius 2 is 1.72 bits per heavy atom. The molecule has 1 fully saturated rings. The molecule has 1 heterocycles. The quantitative estimate of drug-likeness (QED) is 0.483. The molecule has 154 valence electrons. The van der Waals surface area contributed by atoms with Crippen LogP contribution >= 0.6 is 23.2 Å². The topological polar surface area (TPSA) is 78.4 Å². The molecular formula is C18H12Cl2F4N2O3. The zero-order chi connectivity index (χ0) is 21.6. The second kappa shape index (κ2) is 7.47. The Hall–Kier alpha value is -2.36. The van der Waals surface area contributed by atoms with Gasteiger partial charge >= 0.3 is 12.2 Å². The summed E-state index contributed by atoms with van der Waals surface area (Å²) in [6.07, 6.45) is -5.41. The second-order valence-corrected chi connectivity index (χ2v) is 7.20. The van der Waals surface area contributed by atoms with Gasteiger partial charge in [-0.3, -0.25) is 4.79 Å². The predicted octanol–water partition coefficient (Wildman–Crippen LogP) is 4.24. The molecule has 0 aliphatic carbocycles. The molecule has 0 saturated carbocycles. The molecule has 0 aromatic heterocycles. The third-order valence-corrected chi connectivity index (χ3v) is 5.08. The number of Topliss-reactive ketones (excluding diaryl/α,β-unsaturated/α-hetero) is 1. The van der Waals surface area contributed by atoms with Crippen molar-refractivity contribution in [3.05, 3.63) is 69.5 Å². The van der Waals surface area contributed by atoms with E-state index in [1.165, 1.54) is 23.5 Å². The van der Waals surface area contributed by atoms with E-state index in [2.05, 4.69) is 5.32 Å². The third-order valence-electron chi connectivity index (χ3n) is 4.52. The highest BCUT2D eigenvalue weighted by Gasteiger charge is 2.66. The molecule has 11 heteroatoms. The van der Waals surface area contributed by atoms with Crippen LogP contribution in [0.25, 0.3) is 0 Å². The number of amides is 2. The average molecular weight is 451 g/mol. The number of benzene rings is 2. The van der Waals surface area contributed by atoms with E-state index in [9.17, 15) is 32.3 Å². The van der Waals surface area contributed by atoms with Gasteiger partial charge in [-0.05, 0) is 42.0 Å². The first-order valence-corrected chi connectivity index (χ1v) is 8.82. The van der Waals surface area contributed by atoms with Crippen molar-refractivity contribution < 1.29 is 32.3 Å². The smallest absolute Gasteiger partial charge is 0.363 e. The number of alkyl halides is 3. The highest BCUT2D eigenvalue weighted by atomic mass is 35.5. The molecule has 1 aliphatic heterocycles. The van der Waals surface area contributed by atoms with Crippen molar-refractivity contribution in [3.8, 4) is 0 Å². The number of rotatable bonds is 3. The van der Waals surface area contributed by atoms with Crippen LogP contribution in [0, 0.1) is 11.7 Å². The van der Waals surface area contributed by atoms with Crippen LogP contribution in [0.3, 0.4) is 0 Å². The summed E-state index contributed by atoms with van der Waals surface area (Å²) in [7, 11) is 0. The molecule has 5 nitrogen and oxygen atoms in total. The molecular weight excluding hydrogens is 439 g/mol. The van der Waals surface area contributed by atoms with Crippen molar-refractivity contribution in [2.75, 3.05) is 0 Å². The average Bonchev–Trinajstić information content (AvgIpc) is 2.60. The second-order valence-electron chi connectivity index (χ2n) is 6.35. The lowest BCUT2D eigenvalue weighted by molar-refractivity contribution is -0.287. The molecule has 2 aromatic carbocycles. The van der Waals surface area contributed by atoms with E-state index in [-0.39, 0.29) is 21.2 Å². The summed E-state index contributed by atoms with van der Waals surface area (Å²) in [5.74, 6) is -4.17. The van der Waals surface area contributed by atoms with Crippen LogP contribution in [0.1, 0.15) is 22.0 Å².